The fraction of sp³-hybridized carbons (Fsp3) is 0.250. The van der Waals surface area contributed by atoms with Gasteiger partial charge in [0.05, 0.1) is 10.2 Å². The molecule has 3 amide bonds. The van der Waals surface area contributed by atoms with Crippen LogP contribution >= 0.6 is 11.3 Å². The van der Waals surface area contributed by atoms with Crippen molar-refractivity contribution in [2.75, 3.05) is 17.2 Å². The van der Waals surface area contributed by atoms with Crippen LogP contribution in [-0.4, -0.2) is 23.5 Å². The van der Waals surface area contributed by atoms with Gasteiger partial charge in [0.25, 0.3) is 5.91 Å². The Morgan fingerprint density at radius 2 is 1.85 bits per heavy atom. The Morgan fingerprint density at radius 1 is 1.11 bits per heavy atom. The molecule has 0 bridgehead atoms. The van der Waals surface area contributed by atoms with Crippen LogP contribution in [0.5, 0.6) is 0 Å². The molecule has 0 radical (unpaired) electrons. The maximum atomic E-state index is 12.3. The van der Waals surface area contributed by atoms with Crippen molar-refractivity contribution < 1.29 is 9.59 Å². The molecule has 3 aromatic rings. The number of fused-ring (bicyclic) bond motifs is 1. The lowest BCUT2D eigenvalue weighted by molar-refractivity contribution is 0.102. The van der Waals surface area contributed by atoms with Crippen molar-refractivity contribution in [1.82, 2.24) is 10.3 Å². The number of carbonyl (C=O) groups excluding carboxylic acids is 2. The Kier molecular flexibility index (Phi) is 5.71. The van der Waals surface area contributed by atoms with Crippen LogP contribution in [0.4, 0.5) is 15.6 Å². The van der Waals surface area contributed by atoms with Gasteiger partial charge >= 0.3 is 6.03 Å². The molecule has 3 rings (SSSR count). The normalized spacial score (nSPS) is 10.8. The molecule has 0 fully saturated rings. The van der Waals surface area contributed by atoms with Crippen molar-refractivity contribution in [3.63, 3.8) is 0 Å². The van der Waals surface area contributed by atoms with E-state index in [-0.39, 0.29) is 11.9 Å². The van der Waals surface area contributed by atoms with E-state index < -0.39 is 0 Å². The molecular weight excluding hydrogens is 360 g/mol. The molecule has 0 spiro atoms. The van der Waals surface area contributed by atoms with Crippen LogP contribution in [0.2, 0.25) is 0 Å². The average molecular weight is 382 g/mol. The first kappa shape index (κ1) is 18.8. The maximum absolute atomic E-state index is 12.3. The standard InChI is InChI=1S/C20H22N4O2S/c1-12(2)11-21-19(26)22-15-9-13(3)17-16(10-15)27-20(23-17)24-18(25)14-7-5-4-6-8-14/h4-10,12H,11H2,1-3H3,(H2,21,22,26)(H,23,24,25). The van der Waals surface area contributed by atoms with E-state index in [4.69, 9.17) is 0 Å². The van der Waals surface area contributed by atoms with Gasteiger partial charge in [0.1, 0.15) is 0 Å². The number of aromatic nitrogens is 1. The molecule has 1 aromatic heterocycles. The number of aryl methyl sites for hydroxylation is 1. The van der Waals surface area contributed by atoms with E-state index in [0.717, 1.165) is 15.8 Å². The van der Waals surface area contributed by atoms with Gasteiger partial charge in [-0.15, -0.1) is 0 Å². The fourth-order valence-electron chi connectivity index (χ4n) is 2.55. The zero-order valence-corrected chi connectivity index (χ0v) is 16.3. The van der Waals surface area contributed by atoms with Crippen molar-refractivity contribution >= 4 is 44.3 Å². The summed E-state index contributed by atoms with van der Waals surface area (Å²) < 4.78 is 0.900. The van der Waals surface area contributed by atoms with E-state index in [9.17, 15) is 9.59 Å². The first-order valence-corrected chi connectivity index (χ1v) is 9.56. The lowest BCUT2D eigenvalue weighted by atomic mass is 10.2. The molecule has 7 heteroatoms. The quantitative estimate of drug-likeness (QED) is 0.601. The number of nitrogens with one attached hydrogen (secondary N) is 3. The summed E-state index contributed by atoms with van der Waals surface area (Å²) in [7, 11) is 0. The van der Waals surface area contributed by atoms with Crippen molar-refractivity contribution in [3.05, 3.63) is 53.6 Å². The van der Waals surface area contributed by atoms with Crippen LogP contribution in [0.1, 0.15) is 29.8 Å². The summed E-state index contributed by atoms with van der Waals surface area (Å²) >= 11 is 1.38. The van der Waals surface area contributed by atoms with Gasteiger partial charge in [-0.1, -0.05) is 43.4 Å². The number of hydrogen-bond acceptors (Lipinski definition) is 4. The van der Waals surface area contributed by atoms with Gasteiger partial charge in [0.15, 0.2) is 5.13 Å². The molecule has 0 saturated heterocycles. The van der Waals surface area contributed by atoms with E-state index >= 15 is 0 Å². The predicted octanol–water partition coefficient (Wildman–Crippen LogP) is 4.63. The molecule has 1 heterocycles. The number of anilines is 2. The van der Waals surface area contributed by atoms with Gasteiger partial charge in [-0.3, -0.25) is 10.1 Å². The maximum Gasteiger partial charge on any atom is 0.319 e. The van der Waals surface area contributed by atoms with Gasteiger partial charge in [0, 0.05) is 17.8 Å². The molecular formula is C20H22N4O2S. The summed E-state index contributed by atoms with van der Waals surface area (Å²) in [5.74, 6) is 0.191. The summed E-state index contributed by atoms with van der Waals surface area (Å²) in [5, 5.41) is 9.04. The van der Waals surface area contributed by atoms with Crippen LogP contribution in [0.25, 0.3) is 10.2 Å². The topological polar surface area (TPSA) is 83.1 Å². The zero-order valence-electron chi connectivity index (χ0n) is 15.5. The fourth-order valence-corrected chi connectivity index (χ4v) is 3.53. The smallest absolute Gasteiger partial charge is 0.319 e. The monoisotopic (exact) mass is 382 g/mol. The molecule has 0 unspecified atom stereocenters. The summed E-state index contributed by atoms with van der Waals surface area (Å²) in [6, 6.07) is 12.5. The molecule has 27 heavy (non-hydrogen) atoms. The van der Waals surface area contributed by atoms with Crippen LogP contribution in [-0.2, 0) is 0 Å². The summed E-state index contributed by atoms with van der Waals surface area (Å²) in [4.78, 5) is 28.8. The van der Waals surface area contributed by atoms with E-state index in [1.165, 1.54) is 11.3 Å². The molecule has 6 nitrogen and oxygen atoms in total. The van der Waals surface area contributed by atoms with Crippen molar-refractivity contribution in [3.8, 4) is 0 Å². The SMILES string of the molecule is Cc1cc(NC(=O)NCC(C)C)cc2sc(NC(=O)c3ccccc3)nc12. The number of carbonyl (C=O) groups is 2. The number of amides is 3. The van der Waals surface area contributed by atoms with E-state index in [1.807, 2.05) is 51.1 Å². The highest BCUT2D eigenvalue weighted by Gasteiger charge is 2.12. The lowest BCUT2D eigenvalue weighted by Crippen LogP contribution is -2.31. The first-order chi connectivity index (χ1) is 12.9. The third-order valence-electron chi connectivity index (χ3n) is 3.87. The second-order valence-electron chi connectivity index (χ2n) is 6.71. The second kappa shape index (κ2) is 8.18. The highest BCUT2D eigenvalue weighted by atomic mass is 32.1. The Labute approximate surface area is 162 Å². The van der Waals surface area contributed by atoms with Crippen LogP contribution < -0.4 is 16.0 Å². The molecule has 0 saturated carbocycles. The Hall–Kier alpha value is -2.93. The Morgan fingerprint density at radius 3 is 2.56 bits per heavy atom. The first-order valence-electron chi connectivity index (χ1n) is 8.75. The predicted molar refractivity (Wildman–Crippen MR) is 111 cm³/mol. The minimum Gasteiger partial charge on any atom is -0.338 e. The number of rotatable bonds is 5. The summed E-state index contributed by atoms with van der Waals surface area (Å²) in [5.41, 5.74) is 3.03. The van der Waals surface area contributed by atoms with Crippen LogP contribution in [0.3, 0.4) is 0 Å². The number of benzene rings is 2. The highest BCUT2D eigenvalue weighted by Crippen LogP contribution is 2.31. The minimum absolute atomic E-state index is 0.196. The minimum atomic E-state index is -0.232. The van der Waals surface area contributed by atoms with Crippen molar-refractivity contribution in [2.24, 2.45) is 5.92 Å². The molecule has 0 atom stereocenters. The van der Waals surface area contributed by atoms with E-state index in [2.05, 4.69) is 20.9 Å². The number of hydrogen-bond donors (Lipinski definition) is 3. The average Bonchev–Trinajstić information content (AvgIpc) is 3.03. The molecule has 0 aliphatic rings. The molecule has 0 aliphatic carbocycles. The van der Waals surface area contributed by atoms with Crippen molar-refractivity contribution in [2.45, 2.75) is 20.8 Å². The third kappa shape index (κ3) is 4.83. The van der Waals surface area contributed by atoms with Gasteiger partial charge in [-0.05, 0) is 42.7 Å². The number of nitrogens with zero attached hydrogens (tertiary/aromatic N) is 1. The molecule has 0 aliphatic heterocycles. The van der Waals surface area contributed by atoms with E-state index in [1.54, 1.807) is 12.1 Å². The van der Waals surface area contributed by atoms with Crippen LogP contribution in [0.15, 0.2) is 42.5 Å². The second-order valence-corrected chi connectivity index (χ2v) is 7.74. The van der Waals surface area contributed by atoms with E-state index in [0.29, 0.717) is 28.8 Å². The molecule has 140 valence electrons. The summed E-state index contributed by atoms with van der Waals surface area (Å²) in [6.45, 7) is 6.63. The van der Waals surface area contributed by atoms with Crippen LogP contribution in [0, 0.1) is 12.8 Å². The number of urea groups is 1. The van der Waals surface area contributed by atoms with Crippen molar-refractivity contribution in [1.29, 1.82) is 0 Å². The van der Waals surface area contributed by atoms with Gasteiger partial charge < -0.3 is 10.6 Å². The molecule has 2 aromatic carbocycles. The molecule has 3 N–H and O–H groups in total. The Bertz CT molecular complexity index is 967. The van der Waals surface area contributed by atoms with Gasteiger partial charge in [-0.25, -0.2) is 9.78 Å². The number of thiazole rings is 1. The largest absolute Gasteiger partial charge is 0.338 e. The third-order valence-corrected chi connectivity index (χ3v) is 4.79. The summed E-state index contributed by atoms with van der Waals surface area (Å²) in [6.07, 6.45) is 0. The Balaban J connectivity index is 1.76. The highest BCUT2D eigenvalue weighted by molar-refractivity contribution is 7.22. The zero-order chi connectivity index (χ0) is 19.4. The lowest BCUT2D eigenvalue weighted by Gasteiger charge is -2.10. The van der Waals surface area contributed by atoms with Gasteiger partial charge in [-0.2, -0.15) is 0 Å². The van der Waals surface area contributed by atoms with Gasteiger partial charge in [0.2, 0.25) is 0 Å².